The first-order valence-electron chi connectivity index (χ1n) is 6.58. The molecule has 2 N–H and O–H groups in total. The molecule has 1 aliphatic heterocycles. The molecule has 1 unspecified atom stereocenters. The molecule has 1 heterocycles. The fourth-order valence-electron chi connectivity index (χ4n) is 2.29. The lowest BCUT2D eigenvalue weighted by Crippen LogP contribution is -2.41. The maximum atomic E-state index is 12.3. The first kappa shape index (κ1) is 16.2. The number of hydrogen-bond donors (Lipinski definition) is 2. The van der Waals surface area contributed by atoms with Gasteiger partial charge in [-0.3, -0.25) is 4.79 Å². The van der Waals surface area contributed by atoms with E-state index in [9.17, 15) is 18.0 Å². The fourth-order valence-corrected chi connectivity index (χ4v) is 2.29. The predicted molar refractivity (Wildman–Crippen MR) is 64.5 cm³/mol. The predicted octanol–water partition coefficient (Wildman–Crippen LogP) is 1.15. The molecule has 0 aromatic rings. The Morgan fingerprint density at radius 3 is 2.68 bits per heavy atom. The Hall–Kier alpha value is -0.820. The number of alkyl halides is 3. The molecular formula is C12H21F3N2O2. The third kappa shape index (κ3) is 6.77. The highest BCUT2D eigenvalue weighted by atomic mass is 19.4. The van der Waals surface area contributed by atoms with Gasteiger partial charge in [0.15, 0.2) is 0 Å². The third-order valence-electron chi connectivity index (χ3n) is 3.26. The standard InChI is InChI=1S/C12H21F3N2O2/c13-12(14,15)9-17(6-7-18)11(19)4-3-10-2-1-5-16-8-10/h10,16,18H,1-9H2. The van der Waals surface area contributed by atoms with Crippen molar-refractivity contribution in [3.63, 3.8) is 0 Å². The van der Waals surface area contributed by atoms with Crippen LogP contribution < -0.4 is 5.32 Å². The molecule has 1 rings (SSSR count). The van der Waals surface area contributed by atoms with Crippen LogP contribution in [0, 0.1) is 5.92 Å². The molecule has 1 fully saturated rings. The minimum Gasteiger partial charge on any atom is -0.395 e. The van der Waals surface area contributed by atoms with Gasteiger partial charge in [0.1, 0.15) is 6.54 Å². The molecule has 4 nitrogen and oxygen atoms in total. The van der Waals surface area contributed by atoms with Crippen LogP contribution >= 0.6 is 0 Å². The van der Waals surface area contributed by atoms with E-state index in [0.29, 0.717) is 17.2 Å². The number of rotatable bonds is 6. The number of carbonyl (C=O) groups excluding carboxylic acids is 1. The lowest BCUT2D eigenvalue weighted by Gasteiger charge is -2.26. The van der Waals surface area contributed by atoms with Crippen molar-refractivity contribution in [3.05, 3.63) is 0 Å². The number of nitrogens with one attached hydrogen (secondary N) is 1. The molecule has 0 aliphatic carbocycles. The monoisotopic (exact) mass is 282 g/mol. The van der Waals surface area contributed by atoms with E-state index in [-0.39, 0.29) is 13.0 Å². The van der Waals surface area contributed by atoms with Gasteiger partial charge >= 0.3 is 6.18 Å². The number of hydrogen-bond acceptors (Lipinski definition) is 3. The maximum absolute atomic E-state index is 12.3. The van der Waals surface area contributed by atoms with Crippen molar-refractivity contribution in [1.29, 1.82) is 0 Å². The fraction of sp³-hybridized carbons (Fsp3) is 0.917. The summed E-state index contributed by atoms with van der Waals surface area (Å²) in [6, 6.07) is 0. The summed E-state index contributed by atoms with van der Waals surface area (Å²) in [7, 11) is 0. The summed E-state index contributed by atoms with van der Waals surface area (Å²) in [5.74, 6) is -0.170. The van der Waals surface area contributed by atoms with Gasteiger partial charge in [-0.1, -0.05) is 0 Å². The number of halogens is 3. The first-order valence-corrected chi connectivity index (χ1v) is 6.58. The van der Waals surface area contributed by atoms with Crippen molar-refractivity contribution in [2.24, 2.45) is 5.92 Å². The molecule has 1 atom stereocenters. The van der Waals surface area contributed by atoms with Gasteiger partial charge < -0.3 is 15.3 Å². The summed E-state index contributed by atoms with van der Waals surface area (Å²) in [6.45, 7) is -0.203. The molecule has 1 aliphatic rings. The van der Waals surface area contributed by atoms with Crippen LogP contribution in [0.4, 0.5) is 13.2 Å². The normalized spacial score (nSPS) is 20.3. The van der Waals surface area contributed by atoms with Crippen LogP contribution in [0.15, 0.2) is 0 Å². The van der Waals surface area contributed by atoms with Crippen LogP contribution in [0.3, 0.4) is 0 Å². The number of piperidine rings is 1. The van der Waals surface area contributed by atoms with Crippen molar-refractivity contribution >= 4 is 5.91 Å². The van der Waals surface area contributed by atoms with Crippen molar-refractivity contribution in [2.45, 2.75) is 31.9 Å². The van der Waals surface area contributed by atoms with Gasteiger partial charge in [-0.15, -0.1) is 0 Å². The summed E-state index contributed by atoms with van der Waals surface area (Å²) in [5, 5.41) is 11.9. The second kappa shape index (κ2) is 7.69. The molecule has 0 saturated carbocycles. The van der Waals surface area contributed by atoms with Crippen LogP contribution in [0.5, 0.6) is 0 Å². The van der Waals surface area contributed by atoms with Crippen LogP contribution in [0.25, 0.3) is 0 Å². The summed E-state index contributed by atoms with van der Waals surface area (Å²) in [4.78, 5) is 12.4. The average Bonchev–Trinajstić information content (AvgIpc) is 2.35. The topological polar surface area (TPSA) is 52.6 Å². The zero-order chi connectivity index (χ0) is 14.3. The van der Waals surface area contributed by atoms with Gasteiger partial charge in [0.2, 0.25) is 5.91 Å². The smallest absolute Gasteiger partial charge is 0.395 e. The molecule has 0 aromatic heterocycles. The quantitative estimate of drug-likeness (QED) is 0.768. The zero-order valence-corrected chi connectivity index (χ0v) is 10.9. The number of aliphatic hydroxyl groups excluding tert-OH is 1. The Morgan fingerprint density at radius 1 is 1.42 bits per heavy atom. The van der Waals surface area contributed by atoms with Gasteiger partial charge in [0.05, 0.1) is 6.61 Å². The van der Waals surface area contributed by atoms with E-state index < -0.39 is 25.2 Å². The van der Waals surface area contributed by atoms with Gasteiger partial charge in [-0.25, -0.2) is 0 Å². The number of nitrogens with zero attached hydrogens (tertiary/aromatic N) is 1. The Labute approximate surface area is 111 Å². The molecule has 112 valence electrons. The summed E-state index contributed by atoms with van der Waals surface area (Å²) < 4.78 is 36.9. The van der Waals surface area contributed by atoms with Crippen LogP contribution in [-0.4, -0.2) is 54.9 Å². The van der Waals surface area contributed by atoms with Crippen molar-refractivity contribution in [3.8, 4) is 0 Å². The van der Waals surface area contributed by atoms with Crippen molar-refractivity contribution < 1.29 is 23.1 Å². The van der Waals surface area contributed by atoms with Crippen molar-refractivity contribution in [1.82, 2.24) is 10.2 Å². The number of carbonyl (C=O) groups is 1. The Balaban J connectivity index is 2.38. The molecule has 0 radical (unpaired) electrons. The van der Waals surface area contributed by atoms with E-state index in [1.807, 2.05) is 0 Å². The Morgan fingerprint density at radius 2 is 2.16 bits per heavy atom. The van der Waals surface area contributed by atoms with E-state index in [0.717, 1.165) is 25.9 Å². The lowest BCUT2D eigenvalue weighted by molar-refractivity contribution is -0.162. The second-order valence-corrected chi connectivity index (χ2v) is 4.91. The third-order valence-corrected chi connectivity index (χ3v) is 3.26. The molecule has 7 heteroatoms. The SMILES string of the molecule is O=C(CCC1CCCNC1)N(CCO)CC(F)(F)F. The van der Waals surface area contributed by atoms with Crippen LogP contribution in [-0.2, 0) is 4.79 Å². The largest absolute Gasteiger partial charge is 0.406 e. The van der Waals surface area contributed by atoms with Crippen LogP contribution in [0.2, 0.25) is 0 Å². The average molecular weight is 282 g/mol. The van der Waals surface area contributed by atoms with Crippen molar-refractivity contribution in [2.75, 3.05) is 32.8 Å². The molecule has 0 spiro atoms. The summed E-state index contributed by atoms with van der Waals surface area (Å²) in [5.41, 5.74) is 0. The summed E-state index contributed by atoms with van der Waals surface area (Å²) in [6.07, 6.45) is -1.65. The first-order chi connectivity index (χ1) is 8.92. The molecule has 1 amide bonds. The lowest BCUT2D eigenvalue weighted by atomic mass is 9.94. The van der Waals surface area contributed by atoms with Gasteiger partial charge in [0, 0.05) is 13.0 Å². The zero-order valence-electron chi connectivity index (χ0n) is 10.9. The number of aliphatic hydroxyl groups is 1. The van der Waals surface area contributed by atoms with E-state index in [4.69, 9.17) is 5.11 Å². The molecule has 0 bridgehead atoms. The number of amides is 1. The molecular weight excluding hydrogens is 261 g/mol. The molecule has 1 saturated heterocycles. The minimum absolute atomic E-state index is 0.114. The summed E-state index contributed by atoms with van der Waals surface area (Å²) >= 11 is 0. The Kier molecular flexibility index (Phi) is 6.57. The highest BCUT2D eigenvalue weighted by Gasteiger charge is 2.32. The van der Waals surface area contributed by atoms with Gasteiger partial charge in [-0.05, 0) is 38.3 Å². The minimum atomic E-state index is -4.42. The highest BCUT2D eigenvalue weighted by molar-refractivity contribution is 5.76. The second-order valence-electron chi connectivity index (χ2n) is 4.91. The van der Waals surface area contributed by atoms with Gasteiger partial charge in [0.25, 0.3) is 0 Å². The molecule has 19 heavy (non-hydrogen) atoms. The van der Waals surface area contributed by atoms with E-state index >= 15 is 0 Å². The van der Waals surface area contributed by atoms with E-state index in [1.54, 1.807) is 0 Å². The Bertz CT molecular complexity index is 279. The molecule has 0 aromatic carbocycles. The van der Waals surface area contributed by atoms with Crippen LogP contribution in [0.1, 0.15) is 25.7 Å². The highest BCUT2D eigenvalue weighted by Crippen LogP contribution is 2.19. The maximum Gasteiger partial charge on any atom is 0.406 e. The van der Waals surface area contributed by atoms with Gasteiger partial charge in [-0.2, -0.15) is 13.2 Å². The van der Waals surface area contributed by atoms with E-state index in [2.05, 4.69) is 5.32 Å². The van der Waals surface area contributed by atoms with E-state index in [1.165, 1.54) is 0 Å².